The van der Waals surface area contributed by atoms with Crippen molar-refractivity contribution in [2.75, 3.05) is 7.11 Å². The monoisotopic (exact) mass is 256 g/mol. The fraction of sp³-hybridized carbons (Fsp3) is 0.312. The number of hydrogen-bond acceptors (Lipinski definition) is 2. The van der Waals surface area contributed by atoms with Gasteiger partial charge in [0.1, 0.15) is 5.75 Å². The maximum Gasteiger partial charge on any atom is 0.122 e. The number of methoxy groups -OCH3 is 1. The Hall–Kier alpha value is -2.03. The first kappa shape index (κ1) is 13.4. The maximum absolute atomic E-state index is 5.46. The Morgan fingerprint density at radius 2 is 2.00 bits per heavy atom. The van der Waals surface area contributed by atoms with E-state index in [9.17, 15) is 0 Å². The third-order valence-electron chi connectivity index (χ3n) is 3.18. The number of hydrogen-bond donors (Lipinski definition) is 0. The van der Waals surface area contributed by atoms with E-state index in [1.165, 1.54) is 5.56 Å². The lowest BCUT2D eigenvalue weighted by atomic mass is 10.00. The van der Waals surface area contributed by atoms with E-state index in [0.29, 0.717) is 5.92 Å². The summed E-state index contributed by atoms with van der Waals surface area (Å²) in [5, 5.41) is 4.14. The summed E-state index contributed by atoms with van der Waals surface area (Å²) in [5.74, 6) is 1.41. The molecule has 0 aliphatic carbocycles. The number of benzene rings is 1. The molecule has 3 heteroatoms. The quantitative estimate of drug-likeness (QED) is 0.833. The third-order valence-corrected chi connectivity index (χ3v) is 3.18. The van der Waals surface area contributed by atoms with Crippen molar-refractivity contribution in [3.8, 4) is 5.75 Å². The highest BCUT2D eigenvalue weighted by molar-refractivity contribution is 5.69. The summed E-state index contributed by atoms with van der Waals surface area (Å²) in [7, 11) is 3.65. The van der Waals surface area contributed by atoms with Crippen molar-refractivity contribution in [3.05, 3.63) is 47.3 Å². The number of nitrogens with zero attached hydrogens (tertiary/aromatic N) is 2. The predicted molar refractivity (Wildman–Crippen MR) is 79.2 cm³/mol. The molecule has 0 aliphatic heterocycles. The SMILES string of the molecule is COc1cc(/C=C/c2ccnn2C)ccc1C(C)C. The van der Waals surface area contributed by atoms with E-state index in [0.717, 1.165) is 17.0 Å². The number of ether oxygens (including phenoxy) is 1. The lowest BCUT2D eigenvalue weighted by Gasteiger charge is -2.12. The van der Waals surface area contributed by atoms with Crippen molar-refractivity contribution in [1.82, 2.24) is 9.78 Å². The van der Waals surface area contributed by atoms with Gasteiger partial charge in [-0.2, -0.15) is 5.10 Å². The van der Waals surface area contributed by atoms with E-state index in [1.54, 1.807) is 13.3 Å². The predicted octanol–water partition coefficient (Wildman–Crippen LogP) is 3.72. The van der Waals surface area contributed by atoms with Crippen LogP contribution >= 0.6 is 0 Å². The van der Waals surface area contributed by atoms with Gasteiger partial charge in [-0.25, -0.2) is 0 Å². The molecule has 0 radical (unpaired) electrons. The zero-order valence-electron chi connectivity index (χ0n) is 11.9. The molecule has 2 rings (SSSR count). The molecule has 1 aromatic carbocycles. The second kappa shape index (κ2) is 5.74. The van der Waals surface area contributed by atoms with Gasteiger partial charge in [0.25, 0.3) is 0 Å². The molecular weight excluding hydrogens is 236 g/mol. The summed E-state index contributed by atoms with van der Waals surface area (Å²) in [6, 6.07) is 8.30. The van der Waals surface area contributed by atoms with Crippen molar-refractivity contribution in [2.24, 2.45) is 7.05 Å². The Bertz CT molecular complexity index is 582. The van der Waals surface area contributed by atoms with Crippen LogP contribution in [-0.2, 0) is 7.05 Å². The first-order valence-corrected chi connectivity index (χ1v) is 6.46. The van der Waals surface area contributed by atoms with Gasteiger partial charge in [0, 0.05) is 13.2 Å². The first-order valence-electron chi connectivity index (χ1n) is 6.46. The summed E-state index contributed by atoms with van der Waals surface area (Å²) in [6.45, 7) is 4.34. The molecule has 100 valence electrons. The smallest absolute Gasteiger partial charge is 0.122 e. The first-order chi connectivity index (χ1) is 9.11. The highest BCUT2D eigenvalue weighted by Gasteiger charge is 2.07. The van der Waals surface area contributed by atoms with E-state index in [-0.39, 0.29) is 0 Å². The Kier molecular flexibility index (Phi) is 4.05. The lowest BCUT2D eigenvalue weighted by molar-refractivity contribution is 0.407. The van der Waals surface area contributed by atoms with E-state index >= 15 is 0 Å². The molecule has 0 bridgehead atoms. The molecule has 19 heavy (non-hydrogen) atoms. The van der Waals surface area contributed by atoms with E-state index in [1.807, 2.05) is 17.8 Å². The average Bonchev–Trinajstić information content (AvgIpc) is 2.81. The second-order valence-corrected chi connectivity index (χ2v) is 4.87. The van der Waals surface area contributed by atoms with Gasteiger partial charge < -0.3 is 4.74 Å². The van der Waals surface area contributed by atoms with Crippen molar-refractivity contribution < 1.29 is 4.74 Å². The van der Waals surface area contributed by atoms with Crippen molar-refractivity contribution >= 4 is 12.2 Å². The van der Waals surface area contributed by atoms with Crippen LogP contribution in [0.1, 0.15) is 36.6 Å². The average molecular weight is 256 g/mol. The molecule has 0 amide bonds. The largest absolute Gasteiger partial charge is 0.496 e. The number of aryl methyl sites for hydroxylation is 1. The summed E-state index contributed by atoms with van der Waals surface area (Å²) >= 11 is 0. The summed E-state index contributed by atoms with van der Waals surface area (Å²) in [5.41, 5.74) is 3.44. The lowest BCUT2D eigenvalue weighted by Crippen LogP contribution is -1.94. The Labute approximate surface area is 114 Å². The van der Waals surface area contributed by atoms with Crippen LogP contribution in [0.25, 0.3) is 12.2 Å². The molecule has 0 N–H and O–H groups in total. The van der Waals surface area contributed by atoms with Gasteiger partial charge in [-0.05, 0) is 35.3 Å². The molecule has 0 fully saturated rings. The summed E-state index contributed by atoms with van der Waals surface area (Å²) in [6.07, 6.45) is 5.92. The van der Waals surface area contributed by atoms with Crippen LogP contribution in [0.4, 0.5) is 0 Å². The zero-order valence-corrected chi connectivity index (χ0v) is 11.9. The molecule has 0 unspecified atom stereocenters. The van der Waals surface area contributed by atoms with Crippen LogP contribution in [0.2, 0.25) is 0 Å². The minimum Gasteiger partial charge on any atom is -0.496 e. The minimum absolute atomic E-state index is 0.463. The molecule has 0 saturated heterocycles. The summed E-state index contributed by atoms with van der Waals surface area (Å²) < 4.78 is 7.30. The van der Waals surface area contributed by atoms with Crippen LogP contribution in [0.5, 0.6) is 5.75 Å². The van der Waals surface area contributed by atoms with Crippen LogP contribution < -0.4 is 4.74 Å². The van der Waals surface area contributed by atoms with Gasteiger partial charge in [0.2, 0.25) is 0 Å². The molecule has 0 saturated carbocycles. The fourth-order valence-corrected chi connectivity index (χ4v) is 2.04. The van der Waals surface area contributed by atoms with E-state index in [2.05, 4.69) is 49.3 Å². The Morgan fingerprint density at radius 3 is 2.58 bits per heavy atom. The topological polar surface area (TPSA) is 27.1 Å². The number of aromatic nitrogens is 2. The van der Waals surface area contributed by atoms with Gasteiger partial charge in [-0.15, -0.1) is 0 Å². The minimum atomic E-state index is 0.463. The standard InChI is InChI=1S/C16H20N2O/c1-12(2)15-8-6-13(11-16(15)19-4)5-7-14-9-10-17-18(14)3/h5-12H,1-4H3/b7-5+. The molecule has 0 aliphatic rings. The van der Waals surface area contributed by atoms with E-state index in [4.69, 9.17) is 4.74 Å². The van der Waals surface area contributed by atoms with Gasteiger partial charge in [-0.1, -0.05) is 32.1 Å². The van der Waals surface area contributed by atoms with Gasteiger partial charge >= 0.3 is 0 Å². The molecule has 0 atom stereocenters. The van der Waals surface area contributed by atoms with Gasteiger partial charge in [-0.3, -0.25) is 4.68 Å². The molecule has 1 heterocycles. The molecule has 2 aromatic rings. The van der Waals surface area contributed by atoms with Crippen LogP contribution in [0, 0.1) is 0 Å². The van der Waals surface area contributed by atoms with Crippen LogP contribution in [0.15, 0.2) is 30.5 Å². The third kappa shape index (κ3) is 3.05. The Balaban J connectivity index is 2.27. The van der Waals surface area contributed by atoms with E-state index < -0.39 is 0 Å². The highest BCUT2D eigenvalue weighted by atomic mass is 16.5. The highest BCUT2D eigenvalue weighted by Crippen LogP contribution is 2.27. The molecular formula is C16H20N2O. The van der Waals surface area contributed by atoms with Gasteiger partial charge in [0.05, 0.1) is 12.8 Å². The van der Waals surface area contributed by atoms with Crippen LogP contribution in [-0.4, -0.2) is 16.9 Å². The van der Waals surface area contributed by atoms with Crippen molar-refractivity contribution in [1.29, 1.82) is 0 Å². The zero-order chi connectivity index (χ0) is 13.8. The van der Waals surface area contributed by atoms with Crippen LogP contribution in [0.3, 0.4) is 0 Å². The fourth-order valence-electron chi connectivity index (χ4n) is 2.04. The van der Waals surface area contributed by atoms with Crippen molar-refractivity contribution in [2.45, 2.75) is 19.8 Å². The molecule has 3 nitrogen and oxygen atoms in total. The van der Waals surface area contributed by atoms with Gasteiger partial charge in [0.15, 0.2) is 0 Å². The Morgan fingerprint density at radius 1 is 1.21 bits per heavy atom. The normalized spacial score (nSPS) is 11.4. The molecule has 1 aromatic heterocycles. The number of rotatable bonds is 4. The second-order valence-electron chi connectivity index (χ2n) is 4.87. The molecule has 0 spiro atoms. The summed E-state index contributed by atoms with van der Waals surface area (Å²) in [4.78, 5) is 0. The maximum atomic E-state index is 5.46. The van der Waals surface area contributed by atoms with Crippen molar-refractivity contribution in [3.63, 3.8) is 0 Å².